The van der Waals surface area contributed by atoms with E-state index in [4.69, 9.17) is 0 Å². The van der Waals surface area contributed by atoms with Gasteiger partial charge in [0.1, 0.15) is 35.4 Å². The molecule has 0 radical (unpaired) electrons. The lowest BCUT2D eigenvalue weighted by Gasteiger charge is -2.17. The first-order chi connectivity index (χ1) is 14.4. The predicted molar refractivity (Wildman–Crippen MR) is 119 cm³/mol. The maximum atomic E-state index is 9.65. The lowest BCUT2D eigenvalue weighted by Crippen LogP contribution is -2.20. The van der Waals surface area contributed by atoms with Gasteiger partial charge in [-0.2, -0.15) is 21.0 Å². The zero-order valence-electron chi connectivity index (χ0n) is 17.1. The Morgan fingerprint density at radius 3 is 1.17 bits per heavy atom. The standard InChI is InChI=1S/C24H18N6/c1-29(2)17-5-7-19-21(9-17)23(15(11-25)12-26)20-8-6-18(30(3)4)10-22(20)24(19)16(13-27)14-28/h5-10H,1-4H3. The maximum absolute atomic E-state index is 9.65. The van der Waals surface area contributed by atoms with Crippen molar-refractivity contribution in [1.29, 1.82) is 21.0 Å². The molecule has 0 N–H and O–H groups in total. The van der Waals surface area contributed by atoms with Crippen LogP contribution in [0.1, 0.15) is 0 Å². The number of nitrogens with zero attached hydrogens (tertiary/aromatic N) is 6. The van der Waals surface area contributed by atoms with Crippen molar-refractivity contribution in [2.45, 2.75) is 0 Å². The Kier molecular flexibility index (Phi) is 5.29. The second-order valence-electron chi connectivity index (χ2n) is 7.20. The molecule has 0 aromatic heterocycles. The Bertz CT molecular complexity index is 1330. The third-order valence-electron chi connectivity index (χ3n) is 5.06. The largest absolute Gasteiger partial charge is 0.378 e. The molecule has 0 atom stereocenters. The molecular weight excluding hydrogens is 372 g/mol. The van der Waals surface area contributed by atoms with E-state index in [1.165, 1.54) is 0 Å². The van der Waals surface area contributed by atoms with E-state index in [9.17, 15) is 21.0 Å². The van der Waals surface area contributed by atoms with E-state index in [1.807, 2.05) is 98.7 Å². The summed E-state index contributed by atoms with van der Waals surface area (Å²) in [5, 5.41) is 42.2. The summed E-state index contributed by atoms with van der Waals surface area (Å²) >= 11 is 0. The summed E-state index contributed by atoms with van der Waals surface area (Å²) in [6.45, 7) is 0. The highest BCUT2D eigenvalue weighted by Gasteiger charge is 2.14. The van der Waals surface area contributed by atoms with Gasteiger partial charge in [-0.3, -0.25) is 0 Å². The van der Waals surface area contributed by atoms with E-state index in [0.29, 0.717) is 32.0 Å². The molecule has 144 valence electrons. The second-order valence-corrected chi connectivity index (χ2v) is 7.20. The maximum Gasteiger partial charge on any atom is 0.138 e. The first-order valence-corrected chi connectivity index (χ1v) is 9.11. The third-order valence-corrected chi connectivity index (χ3v) is 5.06. The van der Waals surface area contributed by atoms with Gasteiger partial charge < -0.3 is 9.80 Å². The number of nitriles is 4. The lowest BCUT2D eigenvalue weighted by atomic mass is 9.93. The number of anilines is 2. The molecule has 6 heteroatoms. The quantitative estimate of drug-likeness (QED) is 0.623. The van der Waals surface area contributed by atoms with Crippen molar-refractivity contribution in [3.63, 3.8) is 0 Å². The minimum Gasteiger partial charge on any atom is -0.378 e. The number of hydrogen-bond donors (Lipinski definition) is 0. The highest BCUT2D eigenvalue weighted by atomic mass is 15.1. The van der Waals surface area contributed by atoms with Gasteiger partial charge >= 0.3 is 0 Å². The van der Waals surface area contributed by atoms with Crippen LogP contribution in [0, 0.1) is 45.3 Å². The lowest BCUT2D eigenvalue weighted by molar-refractivity contribution is 1.13. The summed E-state index contributed by atoms with van der Waals surface area (Å²) in [6, 6.07) is 19.3. The molecule has 0 fully saturated rings. The van der Waals surface area contributed by atoms with Gasteiger partial charge in [0.15, 0.2) is 0 Å². The van der Waals surface area contributed by atoms with Crippen molar-refractivity contribution in [2.24, 2.45) is 0 Å². The number of fused-ring (bicyclic) bond motifs is 2. The van der Waals surface area contributed by atoms with E-state index in [-0.39, 0.29) is 11.1 Å². The van der Waals surface area contributed by atoms with Gasteiger partial charge in [0.2, 0.25) is 0 Å². The van der Waals surface area contributed by atoms with Gasteiger partial charge in [0, 0.05) is 50.0 Å². The van der Waals surface area contributed by atoms with E-state index in [1.54, 1.807) is 0 Å². The second kappa shape index (κ2) is 7.84. The molecule has 0 aliphatic heterocycles. The van der Waals surface area contributed by atoms with Crippen LogP contribution >= 0.6 is 0 Å². The molecule has 0 saturated carbocycles. The van der Waals surface area contributed by atoms with Crippen LogP contribution in [0.25, 0.3) is 32.7 Å². The van der Waals surface area contributed by atoms with Crippen LogP contribution in [-0.2, 0) is 0 Å². The van der Waals surface area contributed by atoms with Crippen LogP contribution in [-0.4, -0.2) is 28.2 Å². The number of hydrogen-bond acceptors (Lipinski definition) is 6. The van der Waals surface area contributed by atoms with Gasteiger partial charge in [-0.05, 0) is 45.8 Å². The number of rotatable bonds is 2. The average Bonchev–Trinajstić information content (AvgIpc) is 2.75. The zero-order valence-corrected chi connectivity index (χ0v) is 17.1. The van der Waals surface area contributed by atoms with Crippen molar-refractivity contribution in [2.75, 3.05) is 38.0 Å². The van der Waals surface area contributed by atoms with E-state index in [2.05, 4.69) is 0 Å². The minimum atomic E-state index is -0.0134. The van der Waals surface area contributed by atoms with Gasteiger partial charge in [0.05, 0.1) is 0 Å². The Morgan fingerprint density at radius 2 is 0.900 bits per heavy atom. The molecule has 0 bridgehead atoms. The Balaban J connectivity index is 2.88. The molecule has 0 saturated heterocycles. The fourth-order valence-electron chi connectivity index (χ4n) is 3.57. The van der Waals surface area contributed by atoms with Crippen molar-refractivity contribution in [1.82, 2.24) is 0 Å². The Labute approximate surface area is 174 Å². The van der Waals surface area contributed by atoms with Crippen LogP contribution in [0.5, 0.6) is 0 Å². The van der Waals surface area contributed by atoms with Crippen molar-refractivity contribution < 1.29 is 0 Å². The van der Waals surface area contributed by atoms with Crippen LogP contribution in [0.3, 0.4) is 0 Å². The molecule has 3 aromatic rings. The van der Waals surface area contributed by atoms with E-state index < -0.39 is 0 Å². The molecule has 0 aliphatic rings. The topological polar surface area (TPSA) is 102 Å². The molecule has 0 aliphatic carbocycles. The van der Waals surface area contributed by atoms with Crippen LogP contribution in [0.4, 0.5) is 11.4 Å². The molecule has 0 heterocycles. The first kappa shape index (κ1) is 20.2. The SMILES string of the molecule is CN(C)c1ccc2c(=C(C#N)C#N)c3cc(N(C)C)ccc3c(=C(C#N)C#N)c2c1. The minimum absolute atomic E-state index is 0.0134. The van der Waals surface area contributed by atoms with Gasteiger partial charge in [-0.1, -0.05) is 12.1 Å². The molecule has 3 rings (SSSR count). The van der Waals surface area contributed by atoms with E-state index in [0.717, 1.165) is 11.4 Å². The third kappa shape index (κ3) is 3.14. The zero-order chi connectivity index (χ0) is 22.0. The summed E-state index contributed by atoms with van der Waals surface area (Å²) in [5.74, 6) is 0. The fraction of sp³-hybridized carbons (Fsp3) is 0.167. The van der Waals surface area contributed by atoms with Crippen molar-refractivity contribution in [3.8, 4) is 24.3 Å². The molecule has 0 unspecified atom stereocenters. The molecular formula is C24H18N6. The van der Waals surface area contributed by atoms with E-state index >= 15 is 0 Å². The Morgan fingerprint density at radius 1 is 0.567 bits per heavy atom. The number of benzene rings is 3. The molecule has 0 spiro atoms. The van der Waals surface area contributed by atoms with Crippen LogP contribution in [0.2, 0.25) is 0 Å². The smallest absolute Gasteiger partial charge is 0.138 e. The molecule has 30 heavy (non-hydrogen) atoms. The van der Waals surface area contributed by atoms with Gasteiger partial charge in [-0.15, -0.1) is 0 Å². The summed E-state index contributed by atoms with van der Waals surface area (Å²) in [7, 11) is 7.59. The summed E-state index contributed by atoms with van der Waals surface area (Å²) in [4.78, 5) is 3.83. The van der Waals surface area contributed by atoms with Crippen LogP contribution in [0.15, 0.2) is 36.4 Å². The summed E-state index contributed by atoms with van der Waals surface area (Å²) in [6.07, 6.45) is 0. The predicted octanol–water partition coefficient (Wildman–Crippen LogP) is 2.52. The van der Waals surface area contributed by atoms with Crippen molar-refractivity contribution in [3.05, 3.63) is 46.8 Å². The first-order valence-electron chi connectivity index (χ1n) is 9.11. The molecule has 3 aromatic carbocycles. The monoisotopic (exact) mass is 390 g/mol. The molecule has 0 amide bonds. The average molecular weight is 390 g/mol. The summed E-state index contributed by atoms with van der Waals surface area (Å²) in [5.41, 5.74) is 1.73. The highest BCUT2D eigenvalue weighted by Crippen LogP contribution is 2.24. The van der Waals surface area contributed by atoms with Crippen LogP contribution < -0.4 is 20.2 Å². The fourth-order valence-corrected chi connectivity index (χ4v) is 3.57. The van der Waals surface area contributed by atoms with Gasteiger partial charge in [0.25, 0.3) is 0 Å². The summed E-state index contributed by atoms with van der Waals surface area (Å²) < 4.78 is 0. The Hall–Kier alpha value is -4.52. The normalized spacial score (nSPS) is 9.87. The highest BCUT2D eigenvalue weighted by molar-refractivity contribution is 6.07. The molecule has 6 nitrogen and oxygen atoms in total. The van der Waals surface area contributed by atoms with Gasteiger partial charge in [-0.25, -0.2) is 0 Å². The van der Waals surface area contributed by atoms with Crippen molar-refractivity contribution >= 4 is 44.1 Å².